The number of benzene rings is 1. The van der Waals surface area contributed by atoms with Crippen molar-refractivity contribution in [2.45, 2.75) is 18.6 Å². The van der Waals surface area contributed by atoms with Gasteiger partial charge in [-0.15, -0.1) is 0 Å². The Kier molecular flexibility index (Phi) is 3.94. The van der Waals surface area contributed by atoms with Gasteiger partial charge in [-0.2, -0.15) is 13.2 Å². The molecule has 2 heterocycles. The Morgan fingerprint density at radius 1 is 1.21 bits per heavy atom. The highest BCUT2D eigenvalue weighted by atomic mass is 19.4. The predicted octanol–water partition coefficient (Wildman–Crippen LogP) is 1.47. The Hall–Kier alpha value is -2.58. The maximum atomic E-state index is 13.0. The highest BCUT2D eigenvalue weighted by molar-refractivity contribution is 6.02. The Morgan fingerprint density at radius 2 is 1.92 bits per heavy atom. The van der Waals surface area contributed by atoms with Crippen molar-refractivity contribution in [3.63, 3.8) is 0 Å². The smallest absolute Gasteiger partial charge is 0.336 e. The zero-order valence-corrected chi connectivity index (χ0v) is 12.5. The van der Waals surface area contributed by atoms with E-state index in [0.29, 0.717) is 6.42 Å². The number of alkyl halides is 3. The van der Waals surface area contributed by atoms with E-state index >= 15 is 0 Å². The summed E-state index contributed by atoms with van der Waals surface area (Å²) in [5.74, 6) is -1.15. The molecule has 2 fully saturated rings. The van der Waals surface area contributed by atoms with Gasteiger partial charge in [0.15, 0.2) is 0 Å². The number of rotatable bonds is 2. The molecule has 9 heteroatoms. The zero-order valence-electron chi connectivity index (χ0n) is 12.5. The molecule has 0 aliphatic carbocycles. The van der Waals surface area contributed by atoms with Crippen molar-refractivity contribution in [3.05, 3.63) is 35.4 Å². The molecule has 0 aromatic heterocycles. The molecule has 0 bridgehead atoms. The number of nitrogens with one attached hydrogen (secondary N) is 1. The molecule has 2 saturated heterocycles. The summed E-state index contributed by atoms with van der Waals surface area (Å²) in [4.78, 5) is 38.1. The molecular weight excluding hydrogens is 327 g/mol. The molecule has 24 heavy (non-hydrogen) atoms. The molecule has 4 amide bonds. The summed E-state index contributed by atoms with van der Waals surface area (Å²) < 4.78 is 39.1. The normalized spacial score (nSPS) is 21.4. The standard InChI is InChI=1S/C15H14F3N3O3/c16-15(17,18)11-4-2-1-3-10(11)13(23)20-6-5-9(8-20)21-12(22)7-19-14(21)24/h1-4,9H,5-8H2,(H,19,24)/t9-/m0/s1. The van der Waals surface area contributed by atoms with E-state index in [1.807, 2.05) is 0 Å². The van der Waals surface area contributed by atoms with Gasteiger partial charge in [0.1, 0.15) is 0 Å². The first kappa shape index (κ1) is 16.3. The Bertz CT molecular complexity index is 689. The molecule has 1 aromatic rings. The average Bonchev–Trinajstić information content (AvgIpc) is 3.12. The fourth-order valence-corrected chi connectivity index (χ4v) is 3.03. The van der Waals surface area contributed by atoms with Gasteiger partial charge in [-0.1, -0.05) is 12.1 Å². The topological polar surface area (TPSA) is 69.7 Å². The third-order valence-corrected chi connectivity index (χ3v) is 4.16. The van der Waals surface area contributed by atoms with Crippen LogP contribution in [0.4, 0.5) is 18.0 Å². The van der Waals surface area contributed by atoms with E-state index in [9.17, 15) is 27.6 Å². The summed E-state index contributed by atoms with van der Waals surface area (Å²) in [6.07, 6.45) is -4.28. The van der Waals surface area contributed by atoms with Gasteiger partial charge in [0.2, 0.25) is 5.91 Å². The highest BCUT2D eigenvalue weighted by Crippen LogP contribution is 2.33. The number of halogens is 3. The van der Waals surface area contributed by atoms with Crippen molar-refractivity contribution in [3.8, 4) is 0 Å². The van der Waals surface area contributed by atoms with E-state index in [0.717, 1.165) is 17.0 Å². The molecule has 2 aliphatic heterocycles. The summed E-state index contributed by atoms with van der Waals surface area (Å²) in [6.45, 7) is 0.122. The van der Waals surface area contributed by atoms with Crippen molar-refractivity contribution >= 4 is 17.8 Å². The van der Waals surface area contributed by atoms with Crippen molar-refractivity contribution in [2.75, 3.05) is 19.6 Å². The van der Waals surface area contributed by atoms with Gasteiger partial charge in [-0.25, -0.2) is 4.79 Å². The van der Waals surface area contributed by atoms with E-state index in [4.69, 9.17) is 0 Å². The minimum atomic E-state index is -4.63. The minimum absolute atomic E-state index is 0.0319. The molecule has 0 spiro atoms. The van der Waals surface area contributed by atoms with Gasteiger partial charge in [-0.05, 0) is 18.6 Å². The fourth-order valence-electron chi connectivity index (χ4n) is 3.03. The second-order valence-corrected chi connectivity index (χ2v) is 5.66. The number of nitrogens with zero attached hydrogens (tertiary/aromatic N) is 2. The minimum Gasteiger partial charge on any atom is -0.336 e. The SMILES string of the molecule is O=C(c1ccccc1C(F)(F)F)N1CC[C@H](N2C(=O)CNC2=O)C1. The summed E-state index contributed by atoms with van der Waals surface area (Å²) in [5.41, 5.74) is -1.42. The fraction of sp³-hybridized carbons (Fsp3) is 0.400. The van der Waals surface area contributed by atoms with Crippen LogP contribution in [0.15, 0.2) is 24.3 Å². The van der Waals surface area contributed by atoms with Crippen molar-refractivity contribution in [2.24, 2.45) is 0 Å². The molecule has 0 saturated carbocycles. The van der Waals surface area contributed by atoms with Crippen LogP contribution in [0, 0.1) is 0 Å². The number of likely N-dealkylation sites (tertiary alicyclic amines) is 1. The van der Waals surface area contributed by atoms with Crippen LogP contribution in [0.1, 0.15) is 22.3 Å². The van der Waals surface area contributed by atoms with Crippen LogP contribution < -0.4 is 5.32 Å². The van der Waals surface area contributed by atoms with Gasteiger partial charge >= 0.3 is 12.2 Å². The van der Waals surface area contributed by atoms with Crippen molar-refractivity contribution in [1.29, 1.82) is 0 Å². The van der Waals surface area contributed by atoms with Crippen LogP contribution in [-0.4, -0.2) is 53.3 Å². The molecule has 1 N–H and O–H groups in total. The van der Waals surface area contributed by atoms with Crippen LogP contribution in [0.25, 0.3) is 0 Å². The lowest BCUT2D eigenvalue weighted by Crippen LogP contribution is -2.43. The number of carbonyl (C=O) groups is 3. The lowest BCUT2D eigenvalue weighted by Gasteiger charge is -2.22. The first-order chi connectivity index (χ1) is 11.3. The second kappa shape index (κ2) is 5.81. The maximum Gasteiger partial charge on any atom is 0.417 e. The third kappa shape index (κ3) is 2.81. The predicted molar refractivity (Wildman–Crippen MR) is 76.0 cm³/mol. The van der Waals surface area contributed by atoms with E-state index in [2.05, 4.69) is 5.32 Å². The molecule has 1 aromatic carbocycles. The Morgan fingerprint density at radius 3 is 2.54 bits per heavy atom. The number of imide groups is 1. The Balaban J connectivity index is 1.79. The van der Waals surface area contributed by atoms with E-state index in [-0.39, 0.29) is 19.6 Å². The molecule has 1 atom stereocenters. The number of amides is 4. The van der Waals surface area contributed by atoms with E-state index < -0.39 is 41.2 Å². The monoisotopic (exact) mass is 341 g/mol. The largest absolute Gasteiger partial charge is 0.417 e. The first-order valence-corrected chi connectivity index (χ1v) is 7.34. The van der Waals surface area contributed by atoms with Gasteiger partial charge in [0, 0.05) is 13.1 Å². The van der Waals surface area contributed by atoms with Gasteiger partial charge < -0.3 is 10.2 Å². The quantitative estimate of drug-likeness (QED) is 0.829. The highest BCUT2D eigenvalue weighted by Gasteiger charge is 2.41. The van der Waals surface area contributed by atoms with Gasteiger partial charge in [-0.3, -0.25) is 14.5 Å². The average molecular weight is 341 g/mol. The van der Waals surface area contributed by atoms with E-state index in [1.54, 1.807) is 0 Å². The lowest BCUT2D eigenvalue weighted by atomic mass is 10.1. The molecule has 0 unspecified atom stereocenters. The third-order valence-electron chi connectivity index (χ3n) is 4.16. The van der Waals surface area contributed by atoms with Crippen LogP contribution in [0.3, 0.4) is 0 Å². The number of urea groups is 1. The molecular formula is C15H14F3N3O3. The van der Waals surface area contributed by atoms with Gasteiger partial charge in [0.25, 0.3) is 5.91 Å². The second-order valence-electron chi connectivity index (χ2n) is 5.66. The van der Waals surface area contributed by atoms with Crippen molar-refractivity contribution in [1.82, 2.24) is 15.1 Å². The molecule has 0 radical (unpaired) electrons. The lowest BCUT2D eigenvalue weighted by molar-refractivity contribution is -0.138. The first-order valence-electron chi connectivity index (χ1n) is 7.34. The molecule has 3 rings (SSSR count). The summed E-state index contributed by atoms with van der Waals surface area (Å²) in [5, 5.41) is 2.39. The van der Waals surface area contributed by atoms with E-state index in [1.165, 1.54) is 17.0 Å². The Labute approximate surface area is 135 Å². The molecule has 128 valence electrons. The van der Waals surface area contributed by atoms with Crippen LogP contribution in [-0.2, 0) is 11.0 Å². The van der Waals surface area contributed by atoms with Gasteiger partial charge in [0.05, 0.1) is 23.7 Å². The van der Waals surface area contributed by atoms with Crippen LogP contribution in [0.2, 0.25) is 0 Å². The number of carbonyl (C=O) groups excluding carboxylic acids is 3. The number of hydrogen-bond acceptors (Lipinski definition) is 3. The molecule has 2 aliphatic rings. The van der Waals surface area contributed by atoms with Crippen LogP contribution >= 0.6 is 0 Å². The maximum absolute atomic E-state index is 13.0. The summed E-state index contributed by atoms with van der Waals surface area (Å²) >= 11 is 0. The van der Waals surface area contributed by atoms with Crippen LogP contribution in [0.5, 0.6) is 0 Å². The number of hydrogen-bond donors (Lipinski definition) is 1. The summed E-state index contributed by atoms with van der Waals surface area (Å²) in [6, 6.07) is 3.54. The van der Waals surface area contributed by atoms with Crippen molar-refractivity contribution < 1.29 is 27.6 Å². The molecule has 6 nitrogen and oxygen atoms in total. The zero-order chi connectivity index (χ0) is 17.5. The summed E-state index contributed by atoms with van der Waals surface area (Å²) in [7, 11) is 0.